The van der Waals surface area contributed by atoms with Crippen molar-refractivity contribution in [2.45, 2.75) is 64.4 Å². The van der Waals surface area contributed by atoms with Gasteiger partial charge in [0.25, 0.3) is 0 Å². The Morgan fingerprint density at radius 1 is 0.905 bits per heavy atom. The largest absolute Gasteiger partial charge is 0.461 e. The summed E-state index contributed by atoms with van der Waals surface area (Å²) in [5, 5.41) is 0. The van der Waals surface area contributed by atoms with Crippen LogP contribution in [0.2, 0.25) is 0 Å². The Bertz CT molecular complexity index is 387. The molecule has 0 saturated heterocycles. The van der Waals surface area contributed by atoms with Gasteiger partial charge in [-0.2, -0.15) is 0 Å². The lowest BCUT2D eigenvalue weighted by atomic mass is 10.1. The molecule has 0 saturated carbocycles. The number of unbranched alkanes of at least 4 members (excludes halogenated alkanes) is 7. The number of benzene rings is 1. The topological polar surface area (TPSA) is 43.4 Å². The van der Waals surface area contributed by atoms with E-state index in [4.69, 9.17) is 4.74 Å². The molecule has 3 nitrogen and oxygen atoms in total. The smallest absolute Gasteiger partial charge is 0.306 e. The minimum Gasteiger partial charge on any atom is -0.461 e. The molecule has 0 unspecified atom stereocenters. The van der Waals surface area contributed by atoms with Crippen molar-refractivity contribution < 1.29 is 14.3 Å². The van der Waals surface area contributed by atoms with Crippen molar-refractivity contribution in [1.82, 2.24) is 0 Å². The van der Waals surface area contributed by atoms with Gasteiger partial charge >= 0.3 is 5.97 Å². The molecule has 0 N–H and O–H groups in total. The summed E-state index contributed by atoms with van der Waals surface area (Å²) in [6.07, 6.45) is 10.5. The third-order valence-corrected chi connectivity index (χ3v) is 3.40. The quantitative estimate of drug-likeness (QED) is 0.424. The fourth-order valence-corrected chi connectivity index (χ4v) is 2.16. The minimum atomic E-state index is -0.111. The van der Waals surface area contributed by atoms with E-state index in [0.717, 1.165) is 37.7 Å². The van der Waals surface area contributed by atoms with Crippen LogP contribution in [0.4, 0.5) is 0 Å². The van der Waals surface area contributed by atoms with Crippen LogP contribution in [-0.4, -0.2) is 12.3 Å². The second-order valence-electron chi connectivity index (χ2n) is 5.27. The molecule has 0 amide bonds. The molecular formula is C18H25O3. The molecule has 0 bridgehead atoms. The van der Waals surface area contributed by atoms with Crippen LogP contribution in [0.5, 0.6) is 0 Å². The molecule has 0 spiro atoms. The summed E-state index contributed by atoms with van der Waals surface area (Å²) in [4.78, 5) is 21.6. The number of rotatable bonds is 12. The van der Waals surface area contributed by atoms with Crippen molar-refractivity contribution in [1.29, 1.82) is 0 Å². The van der Waals surface area contributed by atoms with E-state index in [1.165, 1.54) is 12.8 Å². The predicted octanol–water partition coefficient (Wildman–Crippen LogP) is 4.35. The van der Waals surface area contributed by atoms with Crippen LogP contribution in [-0.2, 0) is 20.9 Å². The van der Waals surface area contributed by atoms with Gasteiger partial charge in [0.2, 0.25) is 0 Å². The number of hydrogen-bond acceptors (Lipinski definition) is 3. The van der Waals surface area contributed by atoms with Crippen molar-refractivity contribution in [3.05, 3.63) is 35.9 Å². The number of ether oxygens (including phenoxy) is 1. The predicted molar refractivity (Wildman–Crippen MR) is 83.5 cm³/mol. The second kappa shape index (κ2) is 12.1. The summed E-state index contributed by atoms with van der Waals surface area (Å²) >= 11 is 0. The van der Waals surface area contributed by atoms with Crippen LogP contribution in [0, 0.1) is 0 Å². The second-order valence-corrected chi connectivity index (χ2v) is 5.27. The first-order valence-electron chi connectivity index (χ1n) is 7.87. The summed E-state index contributed by atoms with van der Waals surface area (Å²) in [5.41, 5.74) is 1.03. The number of carbonyl (C=O) groups is 1. The zero-order valence-electron chi connectivity index (χ0n) is 12.7. The highest BCUT2D eigenvalue weighted by molar-refractivity contribution is 5.69. The molecule has 1 rings (SSSR count). The molecule has 115 valence electrons. The maximum atomic E-state index is 11.6. The number of esters is 1. The van der Waals surface area contributed by atoms with Crippen LogP contribution < -0.4 is 0 Å². The van der Waals surface area contributed by atoms with Crippen LogP contribution in [0.3, 0.4) is 0 Å². The van der Waals surface area contributed by atoms with Crippen LogP contribution in [0.1, 0.15) is 63.4 Å². The third-order valence-electron chi connectivity index (χ3n) is 3.40. The zero-order chi connectivity index (χ0) is 15.2. The molecule has 0 aliphatic rings. The van der Waals surface area contributed by atoms with Crippen LogP contribution in [0.15, 0.2) is 30.3 Å². The third kappa shape index (κ3) is 9.83. The normalized spacial score (nSPS) is 10.3. The monoisotopic (exact) mass is 289 g/mol. The van der Waals surface area contributed by atoms with Gasteiger partial charge in [-0.25, -0.2) is 0 Å². The number of carbonyl (C=O) groups excluding carboxylic acids is 2. The van der Waals surface area contributed by atoms with Gasteiger partial charge < -0.3 is 4.74 Å². The van der Waals surface area contributed by atoms with Crippen LogP contribution >= 0.6 is 0 Å². The van der Waals surface area contributed by atoms with E-state index in [1.54, 1.807) is 0 Å². The molecule has 1 radical (unpaired) electrons. The SMILES string of the molecule is O=[C]CCCCCCCCCC(=O)OCc1ccccc1. The summed E-state index contributed by atoms with van der Waals surface area (Å²) in [7, 11) is 0. The van der Waals surface area contributed by atoms with Gasteiger partial charge in [0.1, 0.15) is 6.61 Å². The van der Waals surface area contributed by atoms with Crippen molar-refractivity contribution in [3.8, 4) is 0 Å². The Balaban J connectivity index is 1.90. The summed E-state index contributed by atoms with van der Waals surface area (Å²) in [6.45, 7) is 0.368. The molecule has 0 aromatic heterocycles. The van der Waals surface area contributed by atoms with Gasteiger partial charge in [0.15, 0.2) is 6.29 Å². The highest BCUT2D eigenvalue weighted by Gasteiger charge is 2.03. The van der Waals surface area contributed by atoms with Gasteiger partial charge in [0, 0.05) is 12.8 Å². The first kappa shape index (κ1) is 17.4. The molecule has 1 aromatic carbocycles. The summed E-state index contributed by atoms with van der Waals surface area (Å²) < 4.78 is 5.22. The van der Waals surface area contributed by atoms with Gasteiger partial charge in [-0.05, 0) is 18.4 Å². The molecular weight excluding hydrogens is 264 g/mol. The van der Waals surface area contributed by atoms with Crippen molar-refractivity contribution in [2.24, 2.45) is 0 Å². The first-order valence-corrected chi connectivity index (χ1v) is 7.87. The average Bonchev–Trinajstić information content (AvgIpc) is 2.52. The Labute approximate surface area is 127 Å². The van der Waals surface area contributed by atoms with E-state index in [2.05, 4.69) is 0 Å². The average molecular weight is 289 g/mol. The number of hydrogen-bond donors (Lipinski definition) is 0. The molecule has 1 aromatic rings. The van der Waals surface area contributed by atoms with Crippen molar-refractivity contribution >= 4 is 12.3 Å². The summed E-state index contributed by atoms with van der Waals surface area (Å²) in [5.74, 6) is -0.111. The van der Waals surface area contributed by atoms with Gasteiger partial charge in [-0.15, -0.1) is 0 Å². The van der Waals surface area contributed by atoms with E-state index in [9.17, 15) is 9.59 Å². The molecule has 0 aliphatic heterocycles. The fourth-order valence-electron chi connectivity index (χ4n) is 2.16. The van der Waals surface area contributed by atoms with E-state index in [0.29, 0.717) is 19.4 Å². The van der Waals surface area contributed by atoms with Crippen molar-refractivity contribution in [2.75, 3.05) is 0 Å². The molecule has 0 heterocycles. The Hall–Kier alpha value is -1.64. The van der Waals surface area contributed by atoms with Crippen LogP contribution in [0.25, 0.3) is 0 Å². The Morgan fingerprint density at radius 3 is 2.19 bits per heavy atom. The fraction of sp³-hybridized carbons (Fsp3) is 0.556. The molecule has 0 atom stereocenters. The lowest BCUT2D eigenvalue weighted by Gasteiger charge is -2.05. The maximum absolute atomic E-state index is 11.6. The molecule has 3 heteroatoms. The molecule has 0 aliphatic carbocycles. The molecule has 0 fully saturated rings. The van der Waals surface area contributed by atoms with Gasteiger partial charge in [-0.3, -0.25) is 9.59 Å². The lowest BCUT2D eigenvalue weighted by molar-refractivity contribution is -0.145. The standard InChI is InChI=1S/C18H25O3/c19-15-11-6-4-2-1-3-5-10-14-18(20)21-16-17-12-8-7-9-13-17/h7-9,12-13H,1-6,10-11,14,16H2. The first-order chi connectivity index (χ1) is 10.3. The lowest BCUT2D eigenvalue weighted by Crippen LogP contribution is -2.04. The van der Waals surface area contributed by atoms with E-state index in [-0.39, 0.29) is 5.97 Å². The maximum Gasteiger partial charge on any atom is 0.306 e. The Morgan fingerprint density at radius 2 is 1.52 bits per heavy atom. The zero-order valence-corrected chi connectivity index (χ0v) is 12.7. The van der Waals surface area contributed by atoms with E-state index < -0.39 is 0 Å². The van der Waals surface area contributed by atoms with Crippen molar-refractivity contribution in [3.63, 3.8) is 0 Å². The van der Waals surface area contributed by atoms with Gasteiger partial charge in [0.05, 0.1) is 0 Å². The highest BCUT2D eigenvalue weighted by atomic mass is 16.5. The minimum absolute atomic E-state index is 0.111. The van der Waals surface area contributed by atoms with E-state index >= 15 is 0 Å². The van der Waals surface area contributed by atoms with E-state index in [1.807, 2.05) is 36.6 Å². The highest BCUT2D eigenvalue weighted by Crippen LogP contribution is 2.10. The van der Waals surface area contributed by atoms with Gasteiger partial charge in [-0.1, -0.05) is 62.4 Å². The molecule has 21 heavy (non-hydrogen) atoms. The Kier molecular flexibility index (Phi) is 10.1. The summed E-state index contributed by atoms with van der Waals surface area (Å²) in [6, 6.07) is 9.74.